The van der Waals surface area contributed by atoms with Gasteiger partial charge < -0.3 is 5.32 Å². The number of amides is 1. The summed E-state index contributed by atoms with van der Waals surface area (Å²) in [6.45, 7) is 7.44. The minimum absolute atomic E-state index is 0.0416. The Hall–Kier alpha value is -1.51. The minimum atomic E-state index is -3.64. The maximum atomic E-state index is 13.2. The molecule has 0 spiro atoms. The number of piperazine rings is 1. The lowest BCUT2D eigenvalue weighted by atomic mass is 10.2. The van der Waals surface area contributed by atoms with Crippen LogP contribution >= 0.6 is 0 Å². The second-order valence-electron chi connectivity index (χ2n) is 6.47. The van der Waals surface area contributed by atoms with Crippen LogP contribution in [0.1, 0.15) is 25.8 Å². The summed E-state index contributed by atoms with van der Waals surface area (Å²) in [5, 5.41) is 2.91. The lowest BCUT2D eigenvalue weighted by Gasteiger charge is -2.34. The van der Waals surface area contributed by atoms with Crippen molar-refractivity contribution < 1.29 is 17.6 Å². The third-order valence-corrected chi connectivity index (χ3v) is 6.53. The Kier molecular flexibility index (Phi) is 6.53. The van der Waals surface area contributed by atoms with Gasteiger partial charge in [0.25, 0.3) is 0 Å². The molecule has 1 heterocycles. The molecular weight excluding hydrogens is 345 g/mol. The smallest absolute Gasteiger partial charge is 0.243 e. The van der Waals surface area contributed by atoms with E-state index in [1.54, 1.807) is 6.92 Å². The quantitative estimate of drug-likeness (QED) is 0.820. The predicted molar refractivity (Wildman–Crippen MR) is 94.2 cm³/mol. The Bertz CT molecular complexity index is 716. The van der Waals surface area contributed by atoms with Crippen LogP contribution < -0.4 is 5.32 Å². The molecule has 1 aromatic rings. The van der Waals surface area contributed by atoms with Crippen LogP contribution in [0.3, 0.4) is 0 Å². The van der Waals surface area contributed by atoms with Gasteiger partial charge in [-0.15, -0.1) is 0 Å². The average molecular weight is 371 g/mol. The van der Waals surface area contributed by atoms with Crippen LogP contribution in [0.15, 0.2) is 23.1 Å². The molecule has 1 saturated heterocycles. The molecule has 0 saturated carbocycles. The predicted octanol–water partition coefficient (Wildman–Crippen LogP) is 1.36. The van der Waals surface area contributed by atoms with E-state index in [0.717, 1.165) is 12.5 Å². The van der Waals surface area contributed by atoms with E-state index in [1.807, 2.05) is 18.7 Å². The third kappa shape index (κ3) is 4.99. The number of sulfonamides is 1. The van der Waals surface area contributed by atoms with Crippen molar-refractivity contribution in [3.05, 3.63) is 29.6 Å². The first-order chi connectivity index (χ1) is 11.7. The van der Waals surface area contributed by atoms with Gasteiger partial charge in [-0.2, -0.15) is 4.31 Å². The first-order valence-electron chi connectivity index (χ1n) is 8.52. The lowest BCUT2D eigenvalue weighted by Crippen LogP contribution is -2.51. The van der Waals surface area contributed by atoms with Crippen LogP contribution in [-0.4, -0.2) is 62.3 Å². The third-order valence-electron chi connectivity index (χ3n) is 4.47. The first-order valence-corrected chi connectivity index (χ1v) is 9.96. The molecule has 1 aliphatic heterocycles. The fourth-order valence-electron chi connectivity index (χ4n) is 2.79. The van der Waals surface area contributed by atoms with Crippen molar-refractivity contribution in [3.63, 3.8) is 0 Å². The van der Waals surface area contributed by atoms with E-state index in [2.05, 4.69) is 5.32 Å². The van der Waals surface area contributed by atoms with Crippen LogP contribution in [0.4, 0.5) is 4.39 Å². The number of rotatable bonds is 6. The van der Waals surface area contributed by atoms with E-state index in [0.29, 0.717) is 31.7 Å². The molecule has 1 atom stereocenters. The first kappa shape index (κ1) is 19.8. The molecule has 8 heteroatoms. The van der Waals surface area contributed by atoms with Gasteiger partial charge in [0.15, 0.2) is 0 Å². The molecule has 1 N–H and O–H groups in total. The van der Waals surface area contributed by atoms with Crippen molar-refractivity contribution in [2.24, 2.45) is 0 Å². The van der Waals surface area contributed by atoms with E-state index >= 15 is 0 Å². The molecule has 0 aliphatic carbocycles. The fourth-order valence-corrected chi connectivity index (χ4v) is 4.42. The Labute approximate surface area is 149 Å². The van der Waals surface area contributed by atoms with Crippen molar-refractivity contribution in [1.82, 2.24) is 14.5 Å². The van der Waals surface area contributed by atoms with Gasteiger partial charge in [-0.3, -0.25) is 9.69 Å². The Morgan fingerprint density at radius 3 is 2.48 bits per heavy atom. The van der Waals surface area contributed by atoms with Crippen molar-refractivity contribution in [1.29, 1.82) is 0 Å². The standard InChI is InChI=1S/C17H26FN3O3S/c1-4-14(3)19-17(22)12-20-7-9-21(10-8-20)25(23,24)16-6-5-15(18)11-13(16)2/h5-6,11,14H,4,7-10,12H2,1-3H3,(H,19,22). The number of aryl methyl sites for hydroxylation is 1. The van der Waals surface area contributed by atoms with Gasteiger partial charge in [-0.1, -0.05) is 6.92 Å². The average Bonchev–Trinajstić information content (AvgIpc) is 2.54. The molecule has 1 unspecified atom stereocenters. The van der Waals surface area contributed by atoms with E-state index in [4.69, 9.17) is 0 Å². The summed E-state index contributed by atoms with van der Waals surface area (Å²) in [4.78, 5) is 14.0. The number of carbonyl (C=O) groups excluding carboxylic acids is 1. The zero-order chi connectivity index (χ0) is 18.6. The summed E-state index contributed by atoms with van der Waals surface area (Å²) < 4.78 is 40.1. The number of nitrogens with zero attached hydrogens (tertiary/aromatic N) is 2. The molecule has 1 fully saturated rings. The highest BCUT2D eigenvalue weighted by Crippen LogP contribution is 2.21. The van der Waals surface area contributed by atoms with Crippen LogP contribution in [0.5, 0.6) is 0 Å². The van der Waals surface area contributed by atoms with Gasteiger partial charge in [0.2, 0.25) is 15.9 Å². The van der Waals surface area contributed by atoms with Gasteiger partial charge in [0.05, 0.1) is 11.4 Å². The Balaban J connectivity index is 1.96. The van der Waals surface area contributed by atoms with Crippen molar-refractivity contribution in [2.45, 2.75) is 38.1 Å². The van der Waals surface area contributed by atoms with E-state index < -0.39 is 15.8 Å². The molecule has 2 rings (SSSR count). The van der Waals surface area contributed by atoms with Gasteiger partial charge in [-0.25, -0.2) is 12.8 Å². The zero-order valence-corrected chi connectivity index (χ0v) is 15.8. The molecule has 1 aromatic carbocycles. The topological polar surface area (TPSA) is 69.7 Å². The second kappa shape index (κ2) is 8.25. The number of hydrogen-bond acceptors (Lipinski definition) is 4. The molecule has 1 amide bonds. The molecule has 1 aliphatic rings. The molecular formula is C17H26FN3O3S. The highest BCUT2D eigenvalue weighted by molar-refractivity contribution is 7.89. The van der Waals surface area contributed by atoms with Gasteiger partial charge >= 0.3 is 0 Å². The molecule has 0 radical (unpaired) electrons. The molecule has 6 nitrogen and oxygen atoms in total. The fraction of sp³-hybridized carbons (Fsp3) is 0.588. The Morgan fingerprint density at radius 1 is 1.28 bits per heavy atom. The van der Waals surface area contributed by atoms with Gasteiger partial charge in [0, 0.05) is 32.2 Å². The minimum Gasteiger partial charge on any atom is -0.353 e. The summed E-state index contributed by atoms with van der Waals surface area (Å²) in [6, 6.07) is 3.83. The van der Waals surface area contributed by atoms with Crippen molar-refractivity contribution >= 4 is 15.9 Å². The highest BCUT2D eigenvalue weighted by Gasteiger charge is 2.30. The van der Waals surface area contributed by atoms with Crippen molar-refractivity contribution in [3.8, 4) is 0 Å². The lowest BCUT2D eigenvalue weighted by molar-refractivity contribution is -0.123. The van der Waals surface area contributed by atoms with Crippen LogP contribution in [-0.2, 0) is 14.8 Å². The van der Waals surface area contributed by atoms with Crippen LogP contribution in [0.25, 0.3) is 0 Å². The SMILES string of the molecule is CCC(C)NC(=O)CN1CCN(S(=O)(=O)c2ccc(F)cc2C)CC1. The Morgan fingerprint density at radius 2 is 1.92 bits per heavy atom. The number of carbonyl (C=O) groups is 1. The largest absolute Gasteiger partial charge is 0.353 e. The van der Waals surface area contributed by atoms with Crippen molar-refractivity contribution in [2.75, 3.05) is 32.7 Å². The summed E-state index contributed by atoms with van der Waals surface area (Å²) >= 11 is 0. The van der Waals surface area contributed by atoms with Gasteiger partial charge in [-0.05, 0) is 44.0 Å². The van der Waals surface area contributed by atoms with E-state index in [9.17, 15) is 17.6 Å². The molecule has 0 aromatic heterocycles. The zero-order valence-electron chi connectivity index (χ0n) is 15.0. The molecule has 140 valence electrons. The normalized spacial score (nSPS) is 18.1. The molecule has 0 bridgehead atoms. The number of hydrogen-bond donors (Lipinski definition) is 1. The van der Waals surface area contributed by atoms with E-state index in [-0.39, 0.29) is 23.4 Å². The van der Waals surface area contributed by atoms with Gasteiger partial charge in [0.1, 0.15) is 5.82 Å². The number of nitrogens with one attached hydrogen (secondary N) is 1. The second-order valence-corrected chi connectivity index (χ2v) is 8.37. The summed E-state index contributed by atoms with van der Waals surface area (Å²) in [7, 11) is -3.64. The highest BCUT2D eigenvalue weighted by atomic mass is 32.2. The van der Waals surface area contributed by atoms with Crippen LogP contribution in [0, 0.1) is 12.7 Å². The van der Waals surface area contributed by atoms with E-state index in [1.165, 1.54) is 16.4 Å². The monoisotopic (exact) mass is 371 g/mol. The number of halogens is 1. The summed E-state index contributed by atoms with van der Waals surface area (Å²) in [5.41, 5.74) is 0.398. The number of benzene rings is 1. The molecule has 25 heavy (non-hydrogen) atoms. The summed E-state index contributed by atoms with van der Waals surface area (Å²) in [5.74, 6) is -0.492. The summed E-state index contributed by atoms with van der Waals surface area (Å²) in [6.07, 6.45) is 0.870. The maximum absolute atomic E-state index is 13.2. The maximum Gasteiger partial charge on any atom is 0.243 e. The van der Waals surface area contributed by atoms with Crippen LogP contribution in [0.2, 0.25) is 0 Å².